The Balaban J connectivity index is 1.82. The summed E-state index contributed by atoms with van der Waals surface area (Å²) >= 11 is 0. The Morgan fingerprint density at radius 2 is 1.88 bits per heavy atom. The Morgan fingerprint density at radius 3 is 2.50 bits per heavy atom. The molecule has 1 unspecified atom stereocenters. The van der Waals surface area contributed by atoms with Crippen LogP contribution in [0.15, 0.2) is 0 Å². The molecule has 1 aromatic heterocycles. The Bertz CT molecular complexity index is 578. The van der Waals surface area contributed by atoms with Gasteiger partial charge in [0.15, 0.2) is 0 Å². The molecule has 0 aromatic carbocycles. The van der Waals surface area contributed by atoms with Gasteiger partial charge in [-0.1, -0.05) is 19.8 Å². The second-order valence-corrected chi connectivity index (χ2v) is 7.05. The SMILES string of the molecule is CCc1nn(C)c(N2CCCC(N3CCCCCC3)C2)c1[N+](=O)[O-]. The summed E-state index contributed by atoms with van der Waals surface area (Å²) in [5.74, 6) is 0.691. The van der Waals surface area contributed by atoms with Crippen molar-refractivity contribution in [2.75, 3.05) is 31.1 Å². The molecule has 134 valence electrons. The van der Waals surface area contributed by atoms with Gasteiger partial charge in [0, 0.05) is 26.2 Å². The van der Waals surface area contributed by atoms with Crippen molar-refractivity contribution in [2.24, 2.45) is 7.05 Å². The van der Waals surface area contributed by atoms with Gasteiger partial charge in [0.25, 0.3) is 0 Å². The van der Waals surface area contributed by atoms with Crippen LogP contribution in [0.2, 0.25) is 0 Å². The average molecular weight is 335 g/mol. The van der Waals surface area contributed by atoms with Crippen LogP contribution in [0.4, 0.5) is 11.5 Å². The summed E-state index contributed by atoms with van der Waals surface area (Å²) in [6, 6.07) is 0.511. The molecule has 7 nitrogen and oxygen atoms in total. The number of hydrogen-bond donors (Lipinski definition) is 0. The minimum atomic E-state index is -0.253. The number of aryl methyl sites for hydroxylation is 2. The van der Waals surface area contributed by atoms with E-state index in [1.165, 1.54) is 45.2 Å². The molecule has 2 fully saturated rings. The molecule has 3 heterocycles. The molecule has 0 spiro atoms. The Hall–Kier alpha value is -1.63. The second kappa shape index (κ2) is 7.51. The van der Waals surface area contributed by atoms with E-state index in [9.17, 15) is 10.1 Å². The molecular formula is C17H29N5O2. The van der Waals surface area contributed by atoms with Gasteiger partial charge in [-0.2, -0.15) is 5.10 Å². The highest BCUT2D eigenvalue weighted by Crippen LogP contribution is 2.34. The van der Waals surface area contributed by atoms with E-state index in [1.807, 2.05) is 14.0 Å². The quantitative estimate of drug-likeness (QED) is 0.625. The molecule has 1 aromatic rings. The van der Waals surface area contributed by atoms with Gasteiger partial charge in [-0.25, -0.2) is 4.68 Å². The number of likely N-dealkylation sites (tertiary alicyclic amines) is 1. The van der Waals surface area contributed by atoms with Crippen LogP contribution in [0.5, 0.6) is 0 Å². The van der Waals surface area contributed by atoms with Crippen molar-refractivity contribution in [3.8, 4) is 0 Å². The van der Waals surface area contributed by atoms with Gasteiger partial charge < -0.3 is 4.90 Å². The number of rotatable bonds is 4. The monoisotopic (exact) mass is 335 g/mol. The molecule has 0 radical (unpaired) electrons. The molecular weight excluding hydrogens is 306 g/mol. The van der Waals surface area contributed by atoms with E-state index in [4.69, 9.17) is 0 Å². The number of aromatic nitrogens is 2. The molecule has 1 atom stereocenters. The van der Waals surface area contributed by atoms with Crippen LogP contribution in [-0.2, 0) is 13.5 Å². The van der Waals surface area contributed by atoms with Gasteiger partial charge in [-0.3, -0.25) is 15.0 Å². The van der Waals surface area contributed by atoms with Crippen LogP contribution in [0.1, 0.15) is 51.1 Å². The summed E-state index contributed by atoms with van der Waals surface area (Å²) < 4.78 is 1.71. The molecule has 0 amide bonds. The zero-order chi connectivity index (χ0) is 17.1. The van der Waals surface area contributed by atoms with Gasteiger partial charge in [-0.05, 0) is 45.2 Å². The zero-order valence-electron chi connectivity index (χ0n) is 14.9. The Labute approximate surface area is 143 Å². The first-order valence-electron chi connectivity index (χ1n) is 9.31. The lowest BCUT2D eigenvalue weighted by Gasteiger charge is -2.39. The van der Waals surface area contributed by atoms with Crippen molar-refractivity contribution >= 4 is 11.5 Å². The topological polar surface area (TPSA) is 67.4 Å². The van der Waals surface area contributed by atoms with Crippen LogP contribution < -0.4 is 4.90 Å². The molecule has 3 rings (SSSR count). The highest BCUT2D eigenvalue weighted by molar-refractivity contribution is 5.62. The van der Waals surface area contributed by atoms with E-state index < -0.39 is 0 Å². The van der Waals surface area contributed by atoms with Crippen molar-refractivity contribution in [1.82, 2.24) is 14.7 Å². The van der Waals surface area contributed by atoms with Gasteiger partial charge >= 0.3 is 5.69 Å². The highest BCUT2D eigenvalue weighted by atomic mass is 16.6. The maximum absolute atomic E-state index is 11.6. The third kappa shape index (κ3) is 3.41. The predicted molar refractivity (Wildman–Crippen MR) is 94.5 cm³/mol. The third-order valence-corrected chi connectivity index (χ3v) is 5.43. The largest absolute Gasteiger partial charge is 0.350 e. The maximum Gasteiger partial charge on any atom is 0.334 e. The molecule has 2 aliphatic heterocycles. The van der Waals surface area contributed by atoms with Crippen LogP contribution >= 0.6 is 0 Å². The fourth-order valence-corrected chi connectivity index (χ4v) is 4.24. The average Bonchev–Trinajstić information content (AvgIpc) is 2.75. The highest BCUT2D eigenvalue weighted by Gasteiger charge is 2.33. The van der Waals surface area contributed by atoms with E-state index in [0.29, 0.717) is 24.0 Å². The van der Waals surface area contributed by atoms with Gasteiger partial charge in [0.1, 0.15) is 5.69 Å². The Kier molecular flexibility index (Phi) is 5.38. The van der Waals surface area contributed by atoms with Crippen LogP contribution in [0.25, 0.3) is 0 Å². The van der Waals surface area contributed by atoms with Gasteiger partial charge in [0.2, 0.25) is 5.82 Å². The minimum Gasteiger partial charge on any atom is -0.350 e. The fraction of sp³-hybridized carbons (Fsp3) is 0.824. The molecule has 0 saturated carbocycles. The molecule has 0 N–H and O–H groups in total. The van der Waals surface area contributed by atoms with Crippen LogP contribution in [0.3, 0.4) is 0 Å². The van der Waals surface area contributed by atoms with E-state index in [2.05, 4.69) is 14.9 Å². The van der Waals surface area contributed by atoms with E-state index >= 15 is 0 Å². The van der Waals surface area contributed by atoms with Crippen molar-refractivity contribution in [3.63, 3.8) is 0 Å². The first-order valence-corrected chi connectivity index (χ1v) is 9.31. The molecule has 2 saturated heterocycles. The number of nitrogens with zero attached hydrogens (tertiary/aromatic N) is 5. The molecule has 7 heteroatoms. The zero-order valence-corrected chi connectivity index (χ0v) is 14.9. The molecule has 24 heavy (non-hydrogen) atoms. The van der Waals surface area contributed by atoms with Crippen molar-refractivity contribution in [2.45, 2.75) is 57.9 Å². The van der Waals surface area contributed by atoms with E-state index in [0.717, 1.165) is 19.5 Å². The molecule has 2 aliphatic rings. The molecule has 0 bridgehead atoms. The smallest absolute Gasteiger partial charge is 0.334 e. The summed E-state index contributed by atoms with van der Waals surface area (Å²) in [4.78, 5) is 16.2. The first kappa shape index (κ1) is 17.2. The number of anilines is 1. The lowest BCUT2D eigenvalue weighted by molar-refractivity contribution is -0.384. The Morgan fingerprint density at radius 1 is 1.17 bits per heavy atom. The second-order valence-electron chi connectivity index (χ2n) is 7.05. The summed E-state index contributed by atoms with van der Waals surface area (Å²) in [7, 11) is 1.83. The van der Waals surface area contributed by atoms with Gasteiger partial charge in [0.05, 0.1) is 4.92 Å². The van der Waals surface area contributed by atoms with Crippen LogP contribution in [-0.4, -0.2) is 51.8 Å². The maximum atomic E-state index is 11.6. The standard InChI is InChI=1S/C17H29N5O2/c1-3-15-16(22(23)24)17(19(2)18-15)21-12-8-9-14(13-21)20-10-6-4-5-7-11-20/h14H,3-13H2,1-2H3. The number of nitro groups is 1. The van der Waals surface area contributed by atoms with E-state index in [1.54, 1.807) is 4.68 Å². The third-order valence-electron chi connectivity index (χ3n) is 5.43. The lowest BCUT2D eigenvalue weighted by Crippen LogP contribution is -2.49. The molecule has 0 aliphatic carbocycles. The van der Waals surface area contributed by atoms with Gasteiger partial charge in [-0.15, -0.1) is 0 Å². The van der Waals surface area contributed by atoms with Crippen LogP contribution in [0, 0.1) is 10.1 Å². The summed E-state index contributed by atoms with van der Waals surface area (Å²) in [6.45, 7) is 6.03. The normalized spacial score (nSPS) is 23.2. The summed E-state index contributed by atoms with van der Waals surface area (Å²) in [6.07, 6.45) is 8.10. The summed E-state index contributed by atoms with van der Waals surface area (Å²) in [5, 5.41) is 16.0. The minimum absolute atomic E-state index is 0.205. The predicted octanol–water partition coefficient (Wildman–Crippen LogP) is 2.74. The van der Waals surface area contributed by atoms with Crippen molar-refractivity contribution < 1.29 is 4.92 Å². The first-order chi connectivity index (χ1) is 11.6. The van der Waals surface area contributed by atoms with E-state index in [-0.39, 0.29) is 10.6 Å². The fourth-order valence-electron chi connectivity index (χ4n) is 4.24. The summed E-state index contributed by atoms with van der Waals surface area (Å²) in [5.41, 5.74) is 0.797. The number of piperidine rings is 1. The van der Waals surface area contributed by atoms with Crippen molar-refractivity contribution in [1.29, 1.82) is 0 Å². The lowest BCUT2D eigenvalue weighted by atomic mass is 10.0. The van der Waals surface area contributed by atoms with Crippen molar-refractivity contribution in [3.05, 3.63) is 15.8 Å². The number of hydrogen-bond acceptors (Lipinski definition) is 5.